The van der Waals surface area contributed by atoms with Crippen molar-refractivity contribution in [1.82, 2.24) is 10.1 Å². The van der Waals surface area contributed by atoms with Gasteiger partial charge in [0.15, 0.2) is 5.82 Å². The van der Waals surface area contributed by atoms with Crippen LogP contribution in [-0.2, 0) is 11.2 Å². The third-order valence-corrected chi connectivity index (χ3v) is 2.07. The molecule has 0 amide bonds. The van der Waals surface area contributed by atoms with Crippen LogP contribution in [0.5, 0.6) is 0 Å². The third kappa shape index (κ3) is 3.97. The number of aromatic nitrogens is 2. The lowest BCUT2D eigenvalue weighted by atomic mass is 10.2. The van der Waals surface area contributed by atoms with E-state index in [2.05, 4.69) is 17.1 Å². The van der Waals surface area contributed by atoms with Gasteiger partial charge < -0.3 is 15.0 Å². The Morgan fingerprint density at radius 1 is 1.47 bits per heavy atom. The van der Waals surface area contributed by atoms with Crippen LogP contribution in [0.15, 0.2) is 4.52 Å². The Bertz CT molecular complexity index is 275. The van der Waals surface area contributed by atoms with Crippen molar-refractivity contribution in [2.24, 2.45) is 5.73 Å². The van der Waals surface area contributed by atoms with Crippen LogP contribution in [0.4, 0.5) is 0 Å². The normalized spacial score (nSPS) is 13.0. The van der Waals surface area contributed by atoms with Crippen molar-refractivity contribution in [2.75, 3.05) is 13.2 Å². The van der Waals surface area contributed by atoms with E-state index in [0.29, 0.717) is 31.3 Å². The molecule has 0 aliphatic carbocycles. The first-order valence-corrected chi connectivity index (χ1v) is 5.43. The first-order valence-electron chi connectivity index (χ1n) is 5.43. The summed E-state index contributed by atoms with van der Waals surface area (Å²) < 4.78 is 10.3. The molecule has 0 radical (unpaired) electrons. The summed E-state index contributed by atoms with van der Waals surface area (Å²) in [5.41, 5.74) is 5.85. The van der Waals surface area contributed by atoms with E-state index in [-0.39, 0.29) is 6.04 Å². The minimum absolute atomic E-state index is 0.136. The summed E-state index contributed by atoms with van der Waals surface area (Å²) in [6, 6.07) is -0.136. The van der Waals surface area contributed by atoms with E-state index in [1.165, 1.54) is 0 Å². The molecule has 0 fully saturated rings. The monoisotopic (exact) mass is 213 g/mol. The van der Waals surface area contributed by atoms with E-state index in [0.717, 1.165) is 12.8 Å². The van der Waals surface area contributed by atoms with Crippen molar-refractivity contribution in [3.8, 4) is 0 Å². The summed E-state index contributed by atoms with van der Waals surface area (Å²) >= 11 is 0. The molecule has 15 heavy (non-hydrogen) atoms. The summed E-state index contributed by atoms with van der Waals surface area (Å²) in [4.78, 5) is 4.22. The van der Waals surface area contributed by atoms with Crippen molar-refractivity contribution in [3.63, 3.8) is 0 Å². The summed E-state index contributed by atoms with van der Waals surface area (Å²) in [6.07, 6.45) is 2.56. The van der Waals surface area contributed by atoms with E-state index >= 15 is 0 Å². The minimum atomic E-state index is -0.136. The van der Waals surface area contributed by atoms with Gasteiger partial charge in [-0.25, -0.2) is 0 Å². The van der Waals surface area contributed by atoms with Gasteiger partial charge in [-0.2, -0.15) is 4.98 Å². The average Bonchev–Trinajstić information content (AvgIpc) is 2.67. The molecule has 0 unspecified atom stereocenters. The lowest BCUT2D eigenvalue weighted by Gasteiger charge is -2.02. The quantitative estimate of drug-likeness (QED) is 0.694. The Morgan fingerprint density at radius 3 is 2.93 bits per heavy atom. The molecule has 0 aliphatic rings. The van der Waals surface area contributed by atoms with Crippen molar-refractivity contribution in [3.05, 3.63) is 11.7 Å². The predicted molar refractivity (Wildman–Crippen MR) is 56.3 cm³/mol. The average molecular weight is 213 g/mol. The van der Waals surface area contributed by atoms with Gasteiger partial charge in [0, 0.05) is 13.0 Å². The number of nitrogens with two attached hydrogens (primary N) is 1. The topological polar surface area (TPSA) is 74.2 Å². The maximum atomic E-state index is 5.85. The smallest absolute Gasteiger partial charge is 0.243 e. The highest BCUT2D eigenvalue weighted by Crippen LogP contribution is 2.13. The zero-order chi connectivity index (χ0) is 11.1. The van der Waals surface area contributed by atoms with Gasteiger partial charge in [0.05, 0.1) is 12.6 Å². The number of hydrogen-bond acceptors (Lipinski definition) is 5. The lowest BCUT2D eigenvalue weighted by Crippen LogP contribution is -2.10. The molecule has 0 saturated carbocycles. The molecular weight excluding hydrogens is 194 g/mol. The first-order chi connectivity index (χ1) is 7.27. The Morgan fingerprint density at radius 2 is 2.27 bits per heavy atom. The highest BCUT2D eigenvalue weighted by Gasteiger charge is 2.13. The lowest BCUT2D eigenvalue weighted by molar-refractivity contribution is 0.149. The fraction of sp³-hybridized carbons (Fsp3) is 0.800. The highest BCUT2D eigenvalue weighted by atomic mass is 16.5. The van der Waals surface area contributed by atoms with Crippen molar-refractivity contribution in [1.29, 1.82) is 0 Å². The first kappa shape index (κ1) is 12.1. The molecule has 0 saturated heterocycles. The Balaban J connectivity index is 2.41. The third-order valence-electron chi connectivity index (χ3n) is 2.07. The summed E-state index contributed by atoms with van der Waals surface area (Å²) in [5.74, 6) is 1.20. The summed E-state index contributed by atoms with van der Waals surface area (Å²) in [5, 5.41) is 3.85. The van der Waals surface area contributed by atoms with Gasteiger partial charge in [-0.1, -0.05) is 18.5 Å². The molecule has 0 aromatic carbocycles. The minimum Gasteiger partial charge on any atom is -0.381 e. The van der Waals surface area contributed by atoms with Crippen molar-refractivity contribution < 1.29 is 9.26 Å². The zero-order valence-electron chi connectivity index (χ0n) is 9.40. The predicted octanol–water partition coefficient (Wildman–Crippen LogP) is 1.45. The molecule has 1 aromatic heterocycles. The molecule has 86 valence electrons. The number of hydrogen-bond donors (Lipinski definition) is 1. The van der Waals surface area contributed by atoms with E-state index in [1.807, 2.05) is 6.92 Å². The Labute approximate surface area is 90.0 Å². The number of nitrogens with zero attached hydrogens (tertiary/aromatic N) is 2. The Hall–Kier alpha value is -0.940. The van der Waals surface area contributed by atoms with Gasteiger partial charge in [0.25, 0.3) is 0 Å². The van der Waals surface area contributed by atoms with Crippen LogP contribution < -0.4 is 5.73 Å². The van der Waals surface area contributed by atoms with Gasteiger partial charge >= 0.3 is 0 Å². The fourth-order valence-electron chi connectivity index (χ4n) is 1.26. The van der Waals surface area contributed by atoms with E-state index in [4.69, 9.17) is 15.0 Å². The van der Waals surface area contributed by atoms with Crippen LogP contribution in [0.2, 0.25) is 0 Å². The molecule has 1 aromatic rings. The van der Waals surface area contributed by atoms with Crippen LogP contribution in [0.25, 0.3) is 0 Å². The van der Waals surface area contributed by atoms with E-state index in [1.54, 1.807) is 0 Å². The van der Waals surface area contributed by atoms with E-state index in [9.17, 15) is 0 Å². The van der Waals surface area contributed by atoms with Gasteiger partial charge in [0.1, 0.15) is 0 Å². The molecule has 1 heterocycles. The Kier molecular flexibility index (Phi) is 5.28. The van der Waals surface area contributed by atoms with Crippen LogP contribution in [0.1, 0.15) is 44.4 Å². The summed E-state index contributed by atoms with van der Waals surface area (Å²) in [7, 11) is 0. The zero-order valence-corrected chi connectivity index (χ0v) is 9.40. The molecule has 1 atom stereocenters. The van der Waals surface area contributed by atoms with Crippen molar-refractivity contribution in [2.45, 2.75) is 39.2 Å². The molecular formula is C10H19N3O2. The molecule has 5 nitrogen and oxygen atoms in total. The second-order valence-electron chi connectivity index (χ2n) is 3.39. The second-order valence-corrected chi connectivity index (χ2v) is 3.39. The van der Waals surface area contributed by atoms with E-state index < -0.39 is 0 Å². The summed E-state index contributed by atoms with van der Waals surface area (Å²) in [6.45, 7) is 5.36. The molecule has 2 N–H and O–H groups in total. The fourth-order valence-corrected chi connectivity index (χ4v) is 1.26. The maximum absolute atomic E-state index is 5.85. The van der Waals surface area contributed by atoms with Crippen LogP contribution in [0, 0.1) is 0 Å². The van der Waals surface area contributed by atoms with Crippen LogP contribution in [0.3, 0.4) is 0 Å². The second kappa shape index (κ2) is 6.53. The standard InChI is InChI=1S/C10H19N3O2/c1-3-5-8(11)10-12-9(13-15-10)6-7-14-4-2/h8H,3-7,11H2,1-2H3/t8-/m0/s1. The van der Waals surface area contributed by atoms with Gasteiger partial charge in [-0.05, 0) is 13.3 Å². The molecule has 5 heteroatoms. The SMILES string of the molecule is CCC[C@H](N)c1nc(CCOCC)no1. The largest absolute Gasteiger partial charge is 0.381 e. The maximum Gasteiger partial charge on any atom is 0.243 e. The molecule has 0 spiro atoms. The van der Waals surface area contributed by atoms with Crippen LogP contribution in [-0.4, -0.2) is 23.4 Å². The molecule has 0 aliphatic heterocycles. The molecule has 1 rings (SSSR count). The number of rotatable bonds is 7. The van der Waals surface area contributed by atoms with Gasteiger partial charge in [-0.3, -0.25) is 0 Å². The van der Waals surface area contributed by atoms with Gasteiger partial charge in [0.2, 0.25) is 5.89 Å². The highest BCUT2D eigenvalue weighted by molar-refractivity contribution is 4.91. The van der Waals surface area contributed by atoms with Crippen molar-refractivity contribution >= 4 is 0 Å². The van der Waals surface area contributed by atoms with Crippen LogP contribution >= 0.6 is 0 Å². The number of ether oxygens (including phenoxy) is 1. The van der Waals surface area contributed by atoms with Gasteiger partial charge in [-0.15, -0.1) is 0 Å². The molecule has 0 bridgehead atoms.